The lowest BCUT2D eigenvalue weighted by atomic mass is 9.87. The molecule has 1 N–H and O–H groups in total. The monoisotopic (exact) mass is 498 g/mol. The van der Waals surface area contributed by atoms with Crippen molar-refractivity contribution < 1.29 is 13.9 Å². The van der Waals surface area contributed by atoms with Gasteiger partial charge in [0, 0.05) is 17.1 Å². The Hall–Kier alpha value is -3.20. The minimum absolute atomic E-state index is 0.0630. The smallest absolute Gasteiger partial charge is 0.420 e. The highest BCUT2D eigenvalue weighted by Crippen LogP contribution is 2.29. The largest absolute Gasteiger partial charge is 0.463 e. The summed E-state index contributed by atoms with van der Waals surface area (Å²) in [5, 5.41) is 4.18. The van der Waals surface area contributed by atoms with Gasteiger partial charge in [0.1, 0.15) is 24.1 Å². The van der Waals surface area contributed by atoms with Crippen LogP contribution in [-0.4, -0.2) is 32.4 Å². The van der Waals surface area contributed by atoms with Gasteiger partial charge in [-0.3, -0.25) is 9.36 Å². The summed E-state index contributed by atoms with van der Waals surface area (Å²) in [4.78, 5) is 32.4. The van der Waals surface area contributed by atoms with E-state index in [0.29, 0.717) is 22.4 Å². The van der Waals surface area contributed by atoms with Crippen LogP contribution >= 0.6 is 15.9 Å². The van der Waals surface area contributed by atoms with Crippen LogP contribution in [0.5, 0.6) is 0 Å². The molecule has 8 nitrogen and oxygen atoms in total. The molecule has 32 heavy (non-hydrogen) atoms. The zero-order valence-corrected chi connectivity index (χ0v) is 19.6. The fourth-order valence-electron chi connectivity index (χ4n) is 3.40. The number of halogens is 1. The number of carbonyl (C=O) groups excluding carboxylic acids is 1. The number of hydrogen-bond acceptors (Lipinski definition) is 7. The molecule has 0 bridgehead atoms. The summed E-state index contributed by atoms with van der Waals surface area (Å²) < 4.78 is 11.9. The van der Waals surface area contributed by atoms with Gasteiger partial charge in [-0.05, 0) is 29.2 Å². The van der Waals surface area contributed by atoms with E-state index < -0.39 is 11.7 Å². The number of anilines is 2. The van der Waals surface area contributed by atoms with Crippen LogP contribution in [0.3, 0.4) is 0 Å². The summed E-state index contributed by atoms with van der Waals surface area (Å²) in [6.45, 7) is 6.76. The van der Waals surface area contributed by atoms with E-state index in [9.17, 15) is 9.59 Å². The first-order chi connectivity index (χ1) is 15.3. The highest BCUT2D eigenvalue weighted by Gasteiger charge is 2.15. The van der Waals surface area contributed by atoms with Crippen LogP contribution in [0, 0.1) is 0 Å². The number of rotatable bonds is 6. The first-order valence-corrected chi connectivity index (χ1v) is 11.3. The van der Waals surface area contributed by atoms with E-state index in [2.05, 4.69) is 64.1 Å². The molecule has 9 heteroatoms. The van der Waals surface area contributed by atoms with Crippen LogP contribution in [0.15, 0.2) is 51.9 Å². The molecule has 166 valence electrons. The normalized spacial score (nSPS) is 11.8. The van der Waals surface area contributed by atoms with Gasteiger partial charge in [-0.25, -0.2) is 14.8 Å². The van der Waals surface area contributed by atoms with Gasteiger partial charge in [0.2, 0.25) is 0 Å². The number of aromatic nitrogens is 3. The molecule has 2 heterocycles. The zero-order valence-electron chi connectivity index (χ0n) is 18.0. The second-order valence-corrected chi connectivity index (χ2v) is 8.95. The Morgan fingerprint density at radius 1 is 1.19 bits per heavy atom. The van der Waals surface area contributed by atoms with Gasteiger partial charge in [0.15, 0.2) is 5.58 Å². The molecule has 0 aliphatic rings. The van der Waals surface area contributed by atoms with Crippen molar-refractivity contribution in [1.82, 2.24) is 14.5 Å². The van der Waals surface area contributed by atoms with Crippen molar-refractivity contribution in [3.8, 4) is 0 Å². The van der Waals surface area contributed by atoms with Crippen molar-refractivity contribution in [2.75, 3.05) is 17.3 Å². The summed E-state index contributed by atoms with van der Waals surface area (Å²) in [7, 11) is 0. The standard InChI is InChI=1S/C23H23BrN4O4/c1-23(2,3)14-4-6-15(7-5-14)27-21-16-10-18-19(11-17(16)25-13-26-21)32-22(30)28(18)8-9-31-20(29)12-24/h4-7,10-11,13H,8-9,12H2,1-3H3,(H,25,26,27). The van der Waals surface area contributed by atoms with E-state index in [1.54, 1.807) is 6.07 Å². The third kappa shape index (κ3) is 4.52. The van der Waals surface area contributed by atoms with Crippen molar-refractivity contribution in [2.24, 2.45) is 0 Å². The van der Waals surface area contributed by atoms with E-state index in [1.165, 1.54) is 16.5 Å². The van der Waals surface area contributed by atoms with E-state index >= 15 is 0 Å². The van der Waals surface area contributed by atoms with E-state index in [-0.39, 0.29) is 23.9 Å². The Morgan fingerprint density at radius 3 is 2.62 bits per heavy atom. The van der Waals surface area contributed by atoms with Crippen LogP contribution in [0.25, 0.3) is 22.0 Å². The predicted molar refractivity (Wildman–Crippen MR) is 127 cm³/mol. The molecule has 0 aliphatic heterocycles. The lowest BCUT2D eigenvalue weighted by Crippen LogP contribution is -2.19. The molecule has 2 aromatic heterocycles. The Kier molecular flexibility index (Phi) is 6.01. The third-order valence-electron chi connectivity index (χ3n) is 5.13. The van der Waals surface area contributed by atoms with Crippen LogP contribution in [-0.2, 0) is 21.5 Å². The van der Waals surface area contributed by atoms with E-state index in [1.807, 2.05) is 18.2 Å². The lowest BCUT2D eigenvalue weighted by molar-refractivity contribution is -0.140. The number of fused-ring (bicyclic) bond motifs is 2. The molecule has 0 fully saturated rings. The number of nitrogens with zero attached hydrogens (tertiary/aromatic N) is 3. The first kappa shape index (κ1) is 22.0. The highest BCUT2D eigenvalue weighted by molar-refractivity contribution is 9.09. The topological polar surface area (TPSA) is 99.3 Å². The molecule has 0 saturated carbocycles. The quantitative estimate of drug-likeness (QED) is 0.308. The van der Waals surface area contributed by atoms with Crippen LogP contribution < -0.4 is 11.1 Å². The first-order valence-electron chi connectivity index (χ1n) is 10.1. The molecule has 4 aromatic rings. The summed E-state index contributed by atoms with van der Waals surface area (Å²) in [5.74, 6) is -0.301. The number of hydrogen-bond donors (Lipinski definition) is 1. The number of oxazole rings is 1. The number of nitrogens with one attached hydrogen (secondary N) is 1. The van der Waals surface area contributed by atoms with E-state index in [4.69, 9.17) is 9.15 Å². The molecule has 2 aromatic carbocycles. The molecule has 0 unspecified atom stereocenters. The van der Waals surface area contributed by atoms with Gasteiger partial charge in [0.05, 0.1) is 17.6 Å². The van der Waals surface area contributed by atoms with Gasteiger partial charge >= 0.3 is 11.7 Å². The van der Waals surface area contributed by atoms with Crippen LogP contribution in [0.4, 0.5) is 11.5 Å². The Balaban J connectivity index is 1.69. The number of alkyl halides is 1. The number of carbonyl (C=O) groups is 1. The highest BCUT2D eigenvalue weighted by atomic mass is 79.9. The fraction of sp³-hybridized carbons (Fsp3) is 0.304. The lowest BCUT2D eigenvalue weighted by Gasteiger charge is -2.19. The number of ether oxygens (including phenoxy) is 1. The second kappa shape index (κ2) is 8.74. The van der Waals surface area contributed by atoms with Crippen LogP contribution in [0.2, 0.25) is 0 Å². The molecule has 0 amide bonds. The maximum atomic E-state index is 12.3. The van der Waals surface area contributed by atoms with Gasteiger partial charge in [-0.15, -0.1) is 0 Å². The maximum Gasteiger partial charge on any atom is 0.420 e. The molecule has 0 spiro atoms. The van der Waals surface area contributed by atoms with Crippen molar-refractivity contribution in [1.29, 1.82) is 0 Å². The van der Waals surface area contributed by atoms with Gasteiger partial charge in [-0.1, -0.05) is 48.8 Å². The van der Waals surface area contributed by atoms with Gasteiger partial charge in [0.25, 0.3) is 0 Å². The van der Waals surface area contributed by atoms with Gasteiger partial charge < -0.3 is 14.5 Å². The molecule has 4 rings (SSSR count). The average Bonchev–Trinajstić information content (AvgIpc) is 3.06. The molecular formula is C23H23BrN4O4. The minimum atomic E-state index is -0.523. The van der Waals surface area contributed by atoms with Crippen molar-refractivity contribution >= 4 is 55.4 Å². The SMILES string of the molecule is CC(C)(C)c1ccc(Nc2ncnc3cc4oc(=O)n(CCOC(=O)CBr)c4cc23)cc1. The van der Waals surface area contributed by atoms with Crippen molar-refractivity contribution in [3.63, 3.8) is 0 Å². The van der Waals surface area contributed by atoms with Crippen molar-refractivity contribution in [3.05, 3.63) is 58.8 Å². The maximum absolute atomic E-state index is 12.3. The summed E-state index contributed by atoms with van der Waals surface area (Å²) >= 11 is 3.04. The minimum Gasteiger partial charge on any atom is -0.463 e. The summed E-state index contributed by atoms with van der Waals surface area (Å²) in [5.41, 5.74) is 3.84. The Bertz CT molecular complexity index is 1340. The van der Waals surface area contributed by atoms with Crippen molar-refractivity contribution in [2.45, 2.75) is 32.7 Å². The number of benzene rings is 2. The van der Waals surface area contributed by atoms with E-state index in [0.717, 1.165) is 11.1 Å². The molecule has 0 radical (unpaired) electrons. The van der Waals surface area contributed by atoms with Crippen LogP contribution in [0.1, 0.15) is 26.3 Å². The molecule has 0 aliphatic carbocycles. The predicted octanol–water partition coefficient (Wildman–Crippen LogP) is 4.52. The summed E-state index contributed by atoms with van der Waals surface area (Å²) in [6, 6.07) is 11.7. The summed E-state index contributed by atoms with van der Waals surface area (Å²) in [6.07, 6.45) is 1.47. The number of esters is 1. The average molecular weight is 499 g/mol. The van der Waals surface area contributed by atoms with Gasteiger partial charge in [-0.2, -0.15) is 0 Å². The Morgan fingerprint density at radius 2 is 1.94 bits per heavy atom. The third-order valence-corrected chi connectivity index (χ3v) is 5.58. The Labute approximate surface area is 192 Å². The zero-order chi connectivity index (χ0) is 22.9. The second-order valence-electron chi connectivity index (χ2n) is 8.39. The molecule has 0 atom stereocenters. The fourth-order valence-corrected chi connectivity index (χ4v) is 3.57. The molecule has 0 saturated heterocycles. The molecular weight excluding hydrogens is 476 g/mol.